The van der Waals surface area contributed by atoms with Gasteiger partial charge >= 0.3 is 24.1 Å². The number of benzene rings is 1. The monoisotopic (exact) mass is 468 g/mol. The van der Waals surface area contributed by atoms with Crippen molar-refractivity contribution in [3.8, 4) is 11.6 Å². The number of amides is 1. The zero-order chi connectivity index (χ0) is 22.0. The summed E-state index contributed by atoms with van der Waals surface area (Å²) in [5.74, 6) is -2.33. The summed E-state index contributed by atoms with van der Waals surface area (Å²) in [6.07, 6.45) is 0.294. The summed E-state index contributed by atoms with van der Waals surface area (Å²) in [5, 5.41) is 5.28. The molecule has 2 aliphatic rings. The van der Waals surface area contributed by atoms with Crippen molar-refractivity contribution in [1.29, 1.82) is 0 Å². The van der Waals surface area contributed by atoms with E-state index in [9.17, 15) is 14.4 Å². The number of rotatable bonds is 6. The van der Waals surface area contributed by atoms with Crippen LogP contribution in [0.2, 0.25) is 10.0 Å². The summed E-state index contributed by atoms with van der Waals surface area (Å²) in [6.45, 7) is 3.15. The van der Waals surface area contributed by atoms with Crippen molar-refractivity contribution in [2.24, 2.45) is 0 Å². The minimum absolute atomic E-state index is 0.421. The summed E-state index contributed by atoms with van der Waals surface area (Å²) in [4.78, 5) is 38.0. The van der Waals surface area contributed by atoms with Gasteiger partial charge < -0.3 is 19.1 Å². The highest BCUT2D eigenvalue weighted by Gasteiger charge is 2.41. The molecular formula is C19H18Cl2N4O6. The Balaban J connectivity index is 1.21. The number of piperazine rings is 1. The highest BCUT2D eigenvalue weighted by atomic mass is 35.5. The van der Waals surface area contributed by atoms with E-state index in [2.05, 4.69) is 19.5 Å². The molecule has 164 valence electrons. The van der Waals surface area contributed by atoms with Crippen molar-refractivity contribution in [3.05, 3.63) is 40.5 Å². The molecule has 2 fully saturated rings. The molecule has 0 atom stereocenters. The molecule has 31 heavy (non-hydrogen) atoms. The number of carbonyl (C=O) groups is 3. The summed E-state index contributed by atoms with van der Waals surface area (Å²) >= 11 is 12.0. The van der Waals surface area contributed by atoms with Crippen LogP contribution in [-0.4, -0.2) is 83.0 Å². The molecule has 0 saturated carbocycles. The van der Waals surface area contributed by atoms with Gasteiger partial charge in [-0.15, -0.1) is 5.10 Å². The molecule has 0 radical (unpaired) electrons. The van der Waals surface area contributed by atoms with Gasteiger partial charge in [0.2, 0.25) is 5.88 Å². The molecule has 2 aromatic rings. The number of hydrogen-bond donors (Lipinski definition) is 0. The largest absolute Gasteiger partial charge is 0.475 e. The van der Waals surface area contributed by atoms with Crippen LogP contribution in [-0.2, 0) is 23.9 Å². The lowest BCUT2D eigenvalue weighted by atomic mass is 10.3. The zero-order valence-electron chi connectivity index (χ0n) is 16.2. The Hall–Kier alpha value is -2.82. The number of aromatic nitrogens is 2. The Morgan fingerprint density at radius 1 is 1.06 bits per heavy atom. The Morgan fingerprint density at radius 2 is 1.77 bits per heavy atom. The predicted molar refractivity (Wildman–Crippen MR) is 108 cm³/mol. The van der Waals surface area contributed by atoms with Crippen LogP contribution in [0.15, 0.2) is 30.5 Å². The number of ether oxygens (including phenoxy) is 3. The zero-order valence-corrected chi connectivity index (χ0v) is 17.7. The van der Waals surface area contributed by atoms with Gasteiger partial charge in [0.05, 0.1) is 15.7 Å². The van der Waals surface area contributed by atoms with E-state index in [4.69, 9.17) is 27.9 Å². The molecule has 0 unspecified atom stereocenters. The van der Waals surface area contributed by atoms with E-state index in [0.29, 0.717) is 55.3 Å². The van der Waals surface area contributed by atoms with Gasteiger partial charge in [-0.2, -0.15) is 0 Å². The molecule has 1 aromatic carbocycles. The molecular weight excluding hydrogens is 451 g/mol. The quantitative estimate of drug-likeness (QED) is 0.459. The summed E-state index contributed by atoms with van der Waals surface area (Å²) in [7, 11) is 0. The van der Waals surface area contributed by atoms with Crippen molar-refractivity contribution in [2.45, 2.75) is 6.29 Å². The summed E-state index contributed by atoms with van der Waals surface area (Å²) in [6, 6.07) is 6.98. The van der Waals surface area contributed by atoms with Gasteiger partial charge in [-0.1, -0.05) is 23.2 Å². The molecule has 2 saturated heterocycles. The lowest BCUT2D eigenvalue weighted by molar-refractivity contribution is -0.167. The van der Waals surface area contributed by atoms with Crippen molar-refractivity contribution in [3.63, 3.8) is 0 Å². The summed E-state index contributed by atoms with van der Waals surface area (Å²) < 4.78 is 16.6. The van der Waals surface area contributed by atoms with Gasteiger partial charge in [0, 0.05) is 45.0 Å². The van der Waals surface area contributed by atoms with Crippen LogP contribution in [0.25, 0.3) is 5.69 Å². The SMILES string of the molecule is O=C1OC(C(=O)N2CCN(CCOc3ccn(-c4ccc(Cl)c(Cl)c4)n3)CC2)OC1=O. The van der Waals surface area contributed by atoms with E-state index in [1.165, 1.54) is 4.90 Å². The fourth-order valence-corrected chi connectivity index (χ4v) is 3.48. The second kappa shape index (κ2) is 9.13. The molecule has 0 bridgehead atoms. The molecule has 3 heterocycles. The maximum absolute atomic E-state index is 12.3. The molecule has 1 amide bonds. The summed E-state index contributed by atoms with van der Waals surface area (Å²) in [5.41, 5.74) is 0.767. The van der Waals surface area contributed by atoms with Crippen molar-refractivity contribution in [1.82, 2.24) is 19.6 Å². The maximum Gasteiger partial charge on any atom is 0.421 e. The first-order valence-corrected chi connectivity index (χ1v) is 10.2. The normalized spacial score (nSPS) is 17.5. The fourth-order valence-electron chi connectivity index (χ4n) is 3.19. The lowest BCUT2D eigenvalue weighted by Gasteiger charge is -2.34. The van der Waals surface area contributed by atoms with Crippen LogP contribution in [0.4, 0.5) is 0 Å². The molecule has 2 aliphatic heterocycles. The molecule has 4 rings (SSSR count). The highest BCUT2D eigenvalue weighted by molar-refractivity contribution is 6.42. The Labute approximate surface area is 187 Å². The van der Waals surface area contributed by atoms with Crippen molar-refractivity contribution < 1.29 is 28.6 Å². The Morgan fingerprint density at radius 3 is 2.45 bits per heavy atom. The van der Waals surface area contributed by atoms with Crippen molar-refractivity contribution >= 4 is 41.0 Å². The van der Waals surface area contributed by atoms with Crippen LogP contribution in [0, 0.1) is 0 Å². The van der Waals surface area contributed by atoms with Gasteiger partial charge in [0.15, 0.2) is 0 Å². The third-order valence-electron chi connectivity index (χ3n) is 4.87. The number of esters is 2. The van der Waals surface area contributed by atoms with Gasteiger partial charge in [-0.3, -0.25) is 9.69 Å². The van der Waals surface area contributed by atoms with Gasteiger partial charge in [0.1, 0.15) is 6.61 Å². The molecule has 0 N–H and O–H groups in total. The Bertz CT molecular complexity index is 989. The van der Waals surface area contributed by atoms with E-state index in [-0.39, 0.29) is 0 Å². The number of nitrogens with zero attached hydrogens (tertiary/aromatic N) is 4. The minimum Gasteiger partial charge on any atom is -0.475 e. The highest BCUT2D eigenvalue weighted by Crippen LogP contribution is 2.24. The number of cyclic esters (lactones) is 2. The fraction of sp³-hybridized carbons (Fsp3) is 0.368. The lowest BCUT2D eigenvalue weighted by Crippen LogP contribution is -2.52. The Kier molecular flexibility index (Phi) is 6.30. The number of hydrogen-bond acceptors (Lipinski definition) is 8. The van der Waals surface area contributed by atoms with Crippen LogP contribution in [0.3, 0.4) is 0 Å². The molecule has 0 aliphatic carbocycles. The smallest absolute Gasteiger partial charge is 0.421 e. The van der Waals surface area contributed by atoms with Gasteiger partial charge in [-0.25, -0.2) is 14.3 Å². The van der Waals surface area contributed by atoms with Crippen molar-refractivity contribution in [2.75, 3.05) is 39.3 Å². The average Bonchev–Trinajstić information content (AvgIpc) is 3.37. The first-order valence-electron chi connectivity index (χ1n) is 9.47. The standard InChI is InChI=1S/C19H18Cl2N4O6/c20-13-2-1-12(11-14(13)21)25-4-3-15(22-25)29-10-9-23-5-7-24(8-6-23)16(26)19-30-17(27)18(28)31-19/h1-4,11,19H,5-10H2. The molecule has 1 aromatic heterocycles. The molecule has 12 heteroatoms. The minimum atomic E-state index is -1.47. The van der Waals surface area contributed by atoms with Crippen LogP contribution >= 0.6 is 23.2 Å². The number of carbonyl (C=O) groups excluding carboxylic acids is 3. The third kappa shape index (κ3) is 4.92. The van der Waals surface area contributed by atoms with E-state index >= 15 is 0 Å². The molecule has 0 spiro atoms. The first kappa shape index (κ1) is 21.4. The molecule has 10 nitrogen and oxygen atoms in total. The van der Waals surface area contributed by atoms with E-state index in [1.54, 1.807) is 35.1 Å². The van der Waals surface area contributed by atoms with E-state index in [0.717, 1.165) is 5.69 Å². The van der Waals surface area contributed by atoms with Crippen LogP contribution < -0.4 is 4.74 Å². The maximum atomic E-state index is 12.3. The average molecular weight is 469 g/mol. The topological polar surface area (TPSA) is 103 Å². The second-order valence-corrected chi connectivity index (χ2v) is 7.67. The second-order valence-electron chi connectivity index (χ2n) is 6.85. The predicted octanol–water partition coefficient (Wildman–Crippen LogP) is 1.13. The van der Waals surface area contributed by atoms with Gasteiger partial charge in [-0.05, 0) is 18.2 Å². The number of halogens is 2. The first-order chi connectivity index (χ1) is 14.9. The van der Waals surface area contributed by atoms with Gasteiger partial charge in [0.25, 0.3) is 0 Å². The third-order valence-corrected chi connectivity index (χ3v) is 5.61. The van der Waals surface area contributed by atoms with E-state index < -0.39 is 24.1 Å². The van der Waals surface area contributed by atoms with E-state index in [1.807, 2.05) is 0 Å². The van der Waals surface area contributed by atoms with Crippen LogP contribution in [0.5, 0.6) is 5.88 Å². The van der Waals surface area contributed by atoms with Crippen LogP contribution in [0.1, 0.15) is 0 Å².